The lowest BCUT2D eigenvalue weighted by Gasteiger charge is -2.33. The molecule has 1 atom stereocenters. The summed E-state index contributed by atoms with van der Waals surface area (Å²) < 4.78 is 1.16. The minimum atomic E-state index is -0.149. The fourth-order valence-electron chi connectivity index (χ4n) is 2.25. The van der Waals surface area contributed by atoms with Crippen LogP contribution in [0.5, 0.6) is 0 Å². The van der Waals surface area contributed by atoms with Gasteiger partial charge >= 0.3 is 0 Å². The SMILES string of the molecule is CC1(c2ccc(Br)s2)NCCc2[nH]cnc21. The molecular weight excluding hydrogens is 286 g/mol. The standard InChI is InChI=1S/C11H12BrN3S/c1-11(8-2-3-9(12)16-8)10-7(4-5-15-11)13-6-14-10/h2-3,6,15H,4-5H2,1H3,(H,13,14). The van der Waals surface area contributed by atoms with Crippen LogP contribution >= 0.6 is 27.3 Å². The second-order valence-electron chi connectivity index (χ2n) is 4.14. The lowest BCUT2D eigenvalue weighted by molar-refractivity contribution is 0.410. The number of halogens is 1. The van der Waals surface area contributed by atoms with Crippen LogP contribution in [-0.2, 0) is 12.0 Å². The second-order valence-corrected chi connectivity index (χ2v) is 6.60. The summed E-state index contributed by atoms with van der Waals surface area (Å²) in [5.74, 6) is 0. The Labute approximate surface area is 106 Å². The average molecular weight is 298 g/mol. The molecule has 0 spiro atoms. The Balaban J connectivity index is 2.13. The van der Waals surface area contributed by atoms with Gasteiger partial charge in [-0.25, -0.2) is 4.98 Å². The maximum Gasteiger partial charge on any atom is 0.0947 e. The average Bonchev–Trinajstić information content (AvgIpc) is 2.87. The minimum absolute atomic E-state index is 0.149. The Morgan fingerprint density at radius 3 is 3.12 bits per heavy atom. The number of rotatable bonds is 1. The molecule has 84 valence electrons. The molecule has 0 saturated heterocycles. The fraction of sp³-hybridized carbons (Fsp3) is 0.364. The third-order valence-electron chi connectivity index (χ3n) is 3.11. The van der Waals surface area contributed by atoms with Crippen LogP contribution in [0.25, 0.3) is 0 Å². The van der Waals surface area contributed by atoms with Crippen molar-refractivity contribution in [2.45, 2.75) is 18.9 Å². The van der Waals surface area contributed by atoms with Crippen LogP contribution in [0.4, 0.5) is 0 Å². The van der Waals surface area contributed by atoms with Gasteiger partial charge in [-0.3, -0.25) is 0 Å². The van der Waals surface area contributed by atoms with E-state index in [0.717, 1.165) is 22.4 Å². The maximum absolute atomic E-state index is 4.47. The summed E-state index contributed by atoms with van der Waals surface area (Å²) in [5.41, 5.74) is 2.24. The molecule has 0 saturated carbocycles. The van der Waals surface area contributed by atoms with Crippen molar-refractivity contribution in [1.82, 2.24) is 15.3 Å². The summed E-state index contributed by atoms with van der Waals surface area (Å²) in [6.45, 7) is 3.19. The van der Waals surface area contributed by atoms with Crippen molar-refractivity contribution in [3.8, 4) is 0 Å². The molecule has 0 amide bonds. The number of hydrogen-bond acceptors (Lipinski definition) is 3. The van der Waals surface area contributed by atoms with Gasteiger partial charge in [0, 0.05) is 23.5 Å². The zero-order chi connectivity index (χ0) is 11.2. The van der Waals surface area contributed by atoms with Crippen molar-refractivity contribution < 1.29 is 0 Å². The van der Waals surface area contributed by atoms with Gasteiger partial charge in [0.15, 0.2) is 0 Å². The van der Waals surface area contributed by atoms with E-state index in [2.05, 4.69) is 50.3 Å². The van der Waals surface area contributed by atoms with Gasteiger partial charge in [0.25, 0.3) is 0 Å². The van der Waals surface area contributed by atoms with Gasteiger partial charge in [-0.2, -0.15) is 0 Å². The van der Waals surface area contributed by atoms with Crippen molar-refractivity contribution in [3.63, 3.8) is 0 Å². The fourth-order valence-corrected chi connectivity index (χ4v) is 3.76. The normalized spacial score (nSPS) is 24.4. The van der Waals surface area contributed by atoms with Gasteiger partial charge in [-0.15, -0.1) is 11.3 Å². The van der Waals surface area contributed by atoms with Crippen LogP contribution in [0.3, 0.4) is 0 Å². The molecule has 1 aliphatic rings. The number of imidazole rings is 1. The summed E-state index contributed by atoms with van der Waals surface area (Å²) >= 11 is 5.28. The number of hydrogen-bond donors (Lipinski definition) is 2. The molecule has 16 heavy (non-hydrogen) atoms. The summed E-state index contributed by atoms with van der Waals surface area (Å²) in [6, 6.07) is 4.25. The van der Waals surface area contributed by atoms with Gasteiger partial charge in [0.1, 0.15) is 0 Å². The molecule has 0 aromatic carbocycles. The van der Waals surface area contributed by atoms with Gasteiger partial charge in [0.05, 0.1) is 21.3 Å². The molecule has 3 heterocycles. The Bertz CT molecular complexity index is 519. The predicted molar refractivity (Wildman–Crippen MR) is 68.8 cm³/mol. The first kappa shape index (κ1) is 10.5. The molecule has 3 rings (SSSR count). The molecule has 0 bridgehead atoms. The van der Waals surface area contributed by atoms with E-state index in [-0.39, 0.29) is 5.54 Å². The quantitative estimate of drug-likeness (QED) is 0.850. The van der Waals surface area contributed by atoms with E-state index in [1.54, 1.807) is 17.7 Å². The van der Waals surface area contributed by atoms with E-state index in [4.69, 9.17) is 0 Å². The highest BCUT2D eigenvalue weighted by Crippen LogP contribution is 2.37. The monoisotopic (exact) mass is 297 g/mol. The number of fused-ring (bicyclic) bond motifs is 1. The van der Waals surface area contributed by atoms with Crippen LogP contribution in [-0.4, -0.2) is 16.5 Å². The summed E-state index contributed by atoms with van der Waals surface area (Å²) in [7, 11) is 0. The molecule has 2 aromatic heterocycles. The molecule has 5 heteroatoms. The van der Waals surface area contributed by atoms with Crippen molar-refractivity contribution in [2.75, 3.05) is 6.54 Å². The molecule has 1 aliphatic heterocycles. The Morgan fingerprint density at radius 2 is 2.38 bits per heavy atom. The van der Waals surface area contributed by atoms with Crippen molar-refractivity contribution in [2.24, 2.45) is 0 Å². The summed E-state index contributed by atoms with van der Waals surface area (Å²) in [6.07, 6.45) is 2.82. The van der Waals surface area contributed by atoms with E-state index < -0.39 is 0 Å². The molecule has 1 unspecified atom stereocenters. The number of H-pyrrole nitrogens is 1. The number of nitrogens with zero attached hydrogens (tertiary/aromatic N) is 1. The number of aromatic amines is 1. The van der Waals surface area contributed by atoms with Crippen molar-refractivity contribution in [1.29, 1.82) is 0 Å². The first-order valence-corrected chi connectivity index (χ1v) is 6.84. The van der Waals surface area contributed by atoms with Gasteiger partial charge in [0.2, 0.25) is 0 Å². The van der Waals surface area contributed by atoms with E-state index in [1.807, 2.05) is 0 Å². The molecule has 0 radical (unpaired) electrons. The molecule has 3 nitrogen and oxygen atoms in total. The van der Waals surface area contributed by atoms with Gasteiger partial charge in [-0.05, 0) is 35.0 Å². The molecule has 0 aliphatic carbocycles. The maximum atomic E-state index is 4.47. The van der Waals surface area contributed by atoms with Crippen LogP contribution in [0, 0.1) is 0 Å². The number of nitrogens with one attached hydrogen (secondary N) is 2. The second kappa shape index (κ2) is 3.68. The molecule has 2 aromatic rings. The summed E-state index contributed by atoms with van der Waals surface area (Å²) in [4.78, 5) is 9.00. The van der Waals surface area contributed by atoms with E-state index in [9.17, 15) is 0 Å². The lowest BCUT2D eigenvalue weighted by atomic mass is 9.90. The third kappa shape index (κ3) is 1.46. The Kier molecular flexibility index (Phi) is 2.42. The topological polar surface area (TPSA) is 40.7 Å². The van der Waals surface area contributed by atoms with Crippen molar-refractivity contribution >= 4 is 27.3 Å². The molecular formula is C11H12BrN3S. The first-order valence-electron chi connectivity index (χ1n) is 5.24. The van der Waals surface area contributed by atoms with Gasteiger partial charge < -0.3 is 10.3 Å². The van der Waals surface area contributed by atoms with Crippen LogP contribution < -0.4 is 5.32 Å². The Morgan fingerprint density at radius 1 is 1.50 bits per heavy atom. The van der Waals surface area contributed by atoms with E-state index >= 15 is 0 Å². The van der Waals surface area contributed by atoms with Crippen LogP contribution in [0.1, 0.15) is 23.2 Å². The molecule has 2 N–H and O–H groups in total. The minimum Gasteiger partial charge on any atom is -0.348 e. The zero-order valence-electron chi connectivity index (χ0n) is 8.88. The van der Waals surface area contributed by atoms with E-state index in [1.165, 1.54) is 10.6 Å². The molecule has 0 fully saturated rings. The number of aromatic nitrogens is 2. The van der Waals surface area contributed by atoms with Crippen LogP contribution in [0.2, 0.25) is 0 Å². The highest BCUT2D eigenvalue weighted by Gasteiger charge is 2.36. The van der Waals surface area contributed by atoms with Gasteiger partial charge in [-0.1, -0.05) is 0 Å². The highest BCUT2D eigenvalue weighted by atomic mass is 79.9. The highest BCUT2D eigenvalue weighted by molar-refractivity contribution is 9.11. The number of thiophene rings is 1. The van der Waals surface area contributed by atoms with Crippen LogP contribution in [0.15, 0.2) is 22.2 Å². The van der Waals surface area contributed by atoms with E-state index in [0.29, 0.717) is 0 Å². The first-order chi connectivity index (χ1) is 7.70. The summed E-state index contributed by atoms with van der Waals surface area (Å²) in [5, 5.41) is 3.57. The zero-order valence-corrected chi connectivity index (χ0v) is 11.3. The largest absolute Gasteiger partial charge is 0.348 e. The lowest BCUT2D eigenvalue weighted by Crippen LogP contribution is -2.45. The predicted octanol–water partition coefficient (Wildman–Crippen LogP) is 2.64. The third-order valence-corrected chi connectivity index (χ3v) is 4.96. The smallest absolute Gasteiger partial charge is 0.0947 e. The Hall–Kier alpha value is -0.650. The van der Waals surface area contributed by atoms with Crippen molar-refractivity contribution in [3.05, 3.63) is 38.5 Å².